The van der Waals surface area contributed by atoms with Crippen LogP contribution in [0.15, 0.2) is 0 Å². The Hall–Kier alpha value is -1.75. The highest BCUT2D eigenvalue weighted by Crippen LogP contribution is 1.97. The lowest BCUT2D eigenvalue weighted by atomic mass is 10.2. The fourth-order valence-corrected chi connectivity index (χ4v) is 0.889. The third-order valence-corrected chi connectivity index (χ3v) is 1.47. The Morgan fingerprint density at radius 2 is 1.48 bits per heavy atom. The second-order valence-electron chi connectivity index (χ2n) is 4.85. The topological polar surface area (TPSA) is 181 Å². The van der Waals surface area contributed by atoms with Crippen LogP contribution in [0.1, 0.15) is 6.42 Å². The van der Waals surface area contributed by atoms with Crippen LogP contribution in [-0.4, -0.2) is 89.8 Å². The maximum atomic E-state index is 10.0. The number of hydrogen-bond acceptors (Lipinski definition) is 7. The number of carboxylic acid groups (broad SMARTS) is 3. The van der Waals surface area contributed by atoms with E-state index in [0.717, 1.165) is 0 Å². The Morgan fingerprint density at radius 1 is 1.14 bits per heavy atom. The largest absolute Gasteiger partial charge is 0.550 e. The van der Waals surface area contributed by atoms with Gasteiger partial charge in [0, 0.05) is 12.4 Å². The molecular weight excluding hydrogens is 288 g/mol. The predicted molar refractivity (Wildman–Crippen MR) is 69.9 cm³/mol. The first-order valence-electron chi connectivity index (χ1n) is 5.78. The van der Waals surface area contributed by atoms with Crippen LogP contribution < -0.4 is 10.8 Å². The first-order chi connectivity index (χ1) is 9.35. The van der Waals surface area contributed by atoms with E-state index in [9.17, 15) is 14.7 Å². The number of carboxylic acids is 3. The number of likely N-dealkylation sites (N-methyl/N-ethyl adjacent to an activating group) is 1. The standard InChI is InChI=1S/C7H15NO3.C2H5NO2.C2H4O3/c1-8(2,3)5-6(9)4-7(10)11;2*3-1-2(4)5/h6,9H,4-5H2,1-3H3;1,3H2,(H,4,5);3H,1H2,(H,4,5). The molecule has 0 saturated heterocycles. The Kier molecular flexibility index (Phi) is 15.3. The third kappa shape index (κ3) is 38.1. The molecule has 0 heterocycles. The lowest BCUT2D eigenvalue weighted by molar-refractivity contribution is -0.873. The molecule has 1 atom stereocenters. The summed E-state index contributed by atoms with van der Waals surface area (Å²) in [5.74, 6) is -3.36. The fraction of sp³-hybridized carbons (Fsp3) is 0.727. The average Bonchev–Trinajstić information content (AvgIpc) is 2.26. The molecule has 1 unspecified atom stereocenters. The van der Waals surface area contributed by atoms with Crippen LogP contribution in [0.2, 0.25) is 0 Å². The summed E-state index contributed by atoms with van der Waals surface area (Å²) >= 11 is 0. The molecule has 10 heteroatoms. The number of nitrogens with zero attached hydrogens (tertiary/aromatic N) is 1. The number of nitrogens with two attached hydrogens (primary N) is 1. The number of quaternary nitrogens is 1. The van der Waals surface area contributed by atoms with Crippen molar-refractivity contribution < 1.29 is 44.4 Å². The molecule has 0 bridgehead atoms. The Morgan fingerprint density at radius 3 is 1.62 bits per heavy atom. The zero-order valence-electron chi connectivity index (χ0n) is 12.4. The van der Waals surface area contributed by atoms with Crippen LogP contribution in [0.4, 0.5) is 0 Å². The van der Waals surface area contributed by atoms with Gasteiger partial charge in [-0.3, -0.25) is 4.79 Å². The van der Waals surface area contributed by atoms with E-state index < -0.39 is 30.6 Å². The van der Waals surface area contributed by atoms with Crippen LogP contribution in [-0.2, 0) is 14.4 Å². The maximum Gasteiger partial charge on any atom is 0.329 e. The highest BCUT2D eigenvalue weighted by atomic mass is 16.4. The van der Waals surface area contributed by atoms with Gasteiger partial charge in [0.1, 0.15) is 19.3 Å². The SMILES string of the molecule is C[N+](C)(C)CC(O)CC(=O)[O-].NCC(=O)O.O=C(O)CO. The van der Waals surface area contributed by atoms with E-state index in [1.807, 2.05) is 21.1 Å². The molecule has 0 aliphatic heterocycles. The minimum absolute atomic E-state index is 0.278. The van der Waals surface area contributed by atoms with Crippen molar-refractivity contribution in [2.75, 3.05) is 40.8 Å². The summed E-state index contributed by atoms with van der Waals surface area (Å²) < 4.78 is 0.550. The lowest BCUT2D eigenvalue weighted by Crippen LogP contribution is -2.43. The normalized spacial score (nSPS) is 11.1. The minimum atomic E-state index is -1.20. The lowest BCUT2D eigenvalue weighted by Gasteiger charge is -2.26. The van der Waals surface area contributed by atoms with E-state index in [0.29, 0.717) is 11.0 Å². The van der Waals surface area contributed by atoms with Gasteiger partial charge >= 0.3 is 11.9 Å². The maximum absolute atomic E-state index is 10.0. The summed E-state index contributed by atoms with van der Waals surface area (Å²) in [6.45, 7) is -0.631. The molecule has 0 aliphatic carbocycles. The van der Waals surface area contributed by atoms with Crippen molar-refractivity contribution in [1.29, 1.82) is 0 Å². The number of aliphatic carboxylic acids is 3. The van der Waals surface area contributed by atoms with Crippen LogP contribution in [0, 0.1) is 0 Å². The van der Waals surface area contributed by atoms with Crippen molar-refractivity contribution in [3.63, 3.8) is 0 Å². The van der Waals surface area contributed by atoms with Crippen LogP contribution in [0.3, 0.4) is 0 Å². The van der Waals surface area contributed by atoms with Gasteiger partial charge in [0.05, 0.1) is 27.7 Å². The molecule has 6 N–H and O–H groups in total. The van der Waals surface area contributed by atoms with Crippen molar-refractivity contribution in [3.8, 4) is 0 Å². The first-order valence-corrected chi connectivity index (χ1v) is 5.78. The third-order valence-electron chi connectivity index (χ3n) is 1.47. The summed E-state index contributed by atoms with van der Waals surface area (Å²) in [5.41, 5.74) is 4.57. The zero-order chi connectivity index (χ0) is 17.6. The average molecular weight is 312 g/mol. The molecule has 0 aromatic heterocycles. The Bertz CT molecular complexity index is 300. The van der Waals surface area contributed by atoms with E-state index in [2.05, 4.69) is 5.73 Å². The second kappa shape index (κ2) is 13.2. The second-order valence-corrected chi connectivity index (χ2v) is 4.85. The van der Waals surface area contributed by atoms with Gasteiger partial charge in [-0.2, -0.15) is 0 Å². The van der Waals surface area contributed by atoms with Gasteiger partial charge in [-0.05, 0) is 0 Å². The minimum Gasteiger partial charge on any atom is -0.550 e. The number of hydrogen-bond donors (Lipinski definition) is 5. The molecule has 0 fully saturated rings. The van der Waals surface area contributed by atoms with E-state index in [-0.39, 0.29) is 13.0 Å². The van der Waals surface area contributed by atoms with E-state index >= 15 is 0 Å². The van der Waals surface area contributed by atoms with Gasteiger partial charge in [0.25, 0.3) is 0 Å². The number of carbonyl (C=O) groups excluding carboxylic acids is 1. The van der Waals surface area contributed by atoms with Crippen molar-refractivity contribution in [1.82, 2.24) is 0 Å². The molecule has 0 aromatic rings. The summed E-state index contributed by atoms with van der Waals surface area (Å²) in [6, 6.07) is 0. The highest BCUT2D eigenvalue weighted by molar-refractivity contribution is 5.68. The molecule has 0 radical (unpaired) electrons. The summed E-state index contributed by atoms with van der Waals surface area (Å²) in [5, 5.41) is 41.7. The number of aliphatic hydroxyl groups is 2. The van der Waals surface area contributed by atoms with Crippen LogP contribution >= 0.6 is 0 Å². The molecule has 0 amide bonds. The van der Waals surface area contributed by atoms with Crippen LogP contribution in [0.5, 0.6) is 0 Å². The molecule has 0 aliphatic rings. The summed E-state index contributed by atoms with van der Waals surface area (Å²) in [7, 11) is 5.66. The molecule has 0 saturated carbocycles. The van der Waals surface area contributed by atoms with Gasteiger partial charge in [0.15, 0.2) is 0 Å². The predicted octanol–water partition coefficient (Wildman–Crippen LogP) is -3.71. The van der Waals surface area contributed by atoms with Gasteiger partial charge in [-0.1, -0.05) is 0 Å². The molecular formula is C11H24N2O8. The monoisotopic (exact) mass is 312 g/mol. The van der Waals surface area contributed by atoms with Gasteiger partial charge in [-0.15, -0.1) is 0 Å². The Labute approximate surface area is 122 Å². The molecule has 10 nitrogen and oxygen atoms in total. The van der Waals surface area contributed by atoms with Gasteiger partial charge in [0.2, 0.25) is 0 Å². The molecule has 21 heavy (non-hydrogen) atoms. The molecule has 0 spiro atoms. The molecule has 0 aromatic carbocycles. The van der Waals surface area contributed by atoms with Gasteiger partial charge < -0.3 is 40.5 Å². The van der Waals surface area contributed by atoms with Crippen LogP contribution in [0.25, 0.3) is 0 Å². The quantitative estimate of drug-likeness (QED) is 0.308. The van der Waals surface area contributed by atoms with Crippen molar-refractivity contribution >= 4 is 17.9 Å². The van der Waals surface area contributed by atoms with Crippen molar-refractivity contribution in [2.24, 2.45) is 5.73 Å². The fourth-order valence-electron chi connectivity index (χ4n) is 0.889. The number of rotatable bonds is 6. The number of aliphatic hydroxyl groups excluding tert-OH is 2. The first kappa shape index (κ1) is 24.3. The zero-order valence-corrected chi connectivity index (χ0v) is 12.4. The van der Waals surface area contributed by atoms with Crippen molar-refractivity contribution in [2.45, 2.75) is 12.5 Å². The summed E-state index contributed by atoms with van der Waals surface area (Å²) in [6.07, 6.45) is -1.09. The van der Waals surface area contributed by atoms with Gasteiger partial charge in [-0.25, -0.2) is 4.79 Å². The summed E-state index contributed by atoms with van der Waals surface area (Å²) in [4.78, 5) is 28.4. The van der Waals surface area contributed by atoms with E-state index in [4.69, 9.17) is 25.2 Å². The van der Waals surface area contributed by atoms with E-state index in [1.165, 1.54) is 0 Å². The smallest absolute Gasteiger partial charge is 0.329 e. The Balaban J connectivity index is -0.000000270. The van der Waals surface area contributed by atoms with E-state index in [1.54, 1.807) is 0 Å². The van der Waals surface area contributed by atoms with Crippen molar-refractivity contribution in [3.05, 3.63) is 0 Å². The molecule has 126 valence electrons. The molecule has 0 rings (SSSR count). The number of carbonyl (C=O) groups is 3. The highest BCUT2D eigenvalue weighted by Gasteiger charge is 2.14.